The van der Waals surface area contributed by atoms with Gasteiger partial charge in [-0.1, -0.05) is 241 Å². The molecule has 0 aromatic carbocycles. The van der Waals surface area contributed by atoms with E-state index in [0.717, 1.165) is 109 Å². The summed E-state index contributed by atoms with van der Waals surface area (Å²) in [4.78, 5) is 38.2. The third-order valence-corrected chi connectivity index (χ3v) is 12.9. The molecule has 0 saturated carbocycles. The van der Waals surface area contributed by atoms with E-state index in [0.29, 0.717) is 19.3 Å². The summed E-state index contributed by atoms with van der Waals surface area (Å²) < 4.78 is 16.9. The van der Waals surface area contributed by atoms with Gasteiger partial charge in [-0.25, -0.2) is 0 Å². The Morgan fingerprint density at radius 1 is 0.300 bits per heavy atom. The van der Waals surface area contributed by atoms with Crippen LogP contribution < -0.4 is 0 Å². The molecule has 6 nitrogen and oxygen atoms in total. The Morgan fingerprint density at radius 2 is 0.557 bits per heavy atom. The zero-order chi connectivity index (χ0) is 50.7. The van der Waals surface area contributed by atoms with Crippen LogP contribution in [0.4, 0.5) is 0 Å². The van der Waals surface area contributed by atoms with Crippen molar-refractivity contribution in [2.45, 2.75) is 303 Å². The summed E-state index contributed by atoms with van der Waals surface area (Å²) in [5.74, 6) is -0.904. The van der Waals surface area contributed by atoms with E-state index < -0.39 is 6.10 Å². The van der Waals surface area contributed by atoms with E-state index in [9.17, 15) is 14.4 Å². The van der Waals surface area contributed by atoms with Crippen molar-refractivity contribution < 1.29 is 28.6 Å². The second-order valence-electron chi connectivity index (χ2n) is 19.9. The van der Waals surface area contributed by atoms with Gasteiger partial charge in [0.25, 0.3) is 0 Å². The lowest BCUT2D eigenvalue weighted by atomic mass is 10.0. The lowest BCUT2D eigenvalue weighted by Gasteiger charge is -2.18. The normalized spacial score (nSPS) is 12.6. The predicted molar refractivity (Wildman–Crippen MR) is 302 cm³/mol. The maximum atomic E-state index is 12.9. The largest absolute Gasteiger partial charge is 0.462 e. The second-order valence-corrected chi connectivity index (χ2v) is 19.9. The summed E-state index contributed by atoms with van der Waals surface area (Å²) in [5, 5.41) is 0. The third kappa shape index (κ3) is 55.8. The molecule has 1 atom stereocenters. The molecule has 0 radical (unpaired) electrons. The van der Waals surface area contributed by atoms with Crippen molar-refractivity contribution >= 4 is 17.9 Å². The number of hydrogen-bond acceptors (Lipinski definition) is 6. The Balaban J connectivity index is 4.34. The Kier molecular flexibility index (Phi) is 55.8. The van der Waals surface area contributed by atoms with Crippen LogP contribution >= 0.6 is 0 Å². The Labute approximate surface area is 433 Å². The maximum Gasteiger partial charge on any atom is 0.306 e. The fourth-order valence-corrected chi connectivity index (χ4v) is 8.42. The number of carbonyl (C=O) groups is 3. The van der Waals surface area contributed by atoms with E-state index in [-0.39, 0.29) is 31.1 Å². The van der Waals surface area contributed by atoms with E-state index in [1.165, 1.54) is 148 Å². The van der Waals surface area contributed by atoms with Crippen molar-refractivity contribution in [1.82, 2.24) is 0 Å². The van der Waals surface area contributed by atoms with Gasteiger partial charge in [-0.2, -0.15) is 0 Å². The molecule has 0 amide bonds. The van der Waals surface area contributed by atoms with E-state index >= 15 is 0 Å². The van der Waals surface area contributed by atoms with Crippen molar-refractivity contribution in [2.24, 2.45) is 0 Å². The Morgan fingerprint density at radius 3 is 0.886 bits per heavy atom. The molecule has 0 aromatic rings. The molecule has 0 aromatic heterocycles. The summed E-state index contributed by atoms with van der Waals surface area (Å²) in [6, 6.07) is 0. The van der Waals surface area contributed by atoms with Gasteiger partial charge < -0.3 is 14.2 Å². The number of ether oxygens (including phenoxy) is 3. The molecule has 0 N–H and O–H groups in total. The molecule has 0 heterocycles. The van der Waals surface area contributed by atoms with Crippen LogP contribution in [-0.4, -0.2) is 37.2 Å². The van der Waals surface area contributed by atoms with Crippen molar-refractivity contribution in [1.29, 1.82) is 0 Å². The number of esters is 3. The summed E-state index contributed by atoms with van der Waals surface area (Å²) in [7, 11) is 0. The molecule has 0 aliphatic rings. The highest BCUT2D eigenvalue weighted by Gasteiger charge is 2.19. The zero-order valence-corrected chi connectivity index (χ0v) is 46.3. The molecular weight excluding hydrogens is 865 g/mol. The quantitative estimate of drug-likeness (QED) is 0.0261. The van der Waals surface area contributed by atoms with Gasteiger partial charge in [0.2, 0.25) is 0 Å². The van der Waals surface area contributed by atoms with Crippen molar-refractivity contribution in [2.75, 3.05) is 13.2 Å². The van der Waals surface area contributed by atoms with Gasteiger partial charge in [0.05, 0.1) is 0 Å². The van der Waals surface area contributed by atoms with Gasteiger partial charge in [-0.15, -0.1) is 0 Å². The molecular formula is C64H112O6. The molecule has 1 unspecified atom stereocenters. The molecule has 0 aliphatic heterocycles. The standard InChI is InChI=1S/C64H112O6/c1-4-7-10-13-16-19-22-25-28-29-30-31-32-33-34-35-37-39-42-45-48-51-54-57-63(66)69-60-61(59-68-62(65)56-53-50-47-44-41-38-27-24-21-18-15-12-9-6-3)70-64(67)58-55-52-49-46-43-40-36-26-23-20-17-14-11-8-5-2/h8,11,17,20,22,24-27,29-30,36,61H,4-7,9-10,12-16,18-19,21,23,28,31-35,37-60H2,1-3H3/b11-8-,20-17-,25-22-,27-24-,30-29-,36-26-. The van der Waals surface area contributed by atoms with E-state index in [4.69, 9.17) is 14.2 Å². The molecule has 70 heavy (non-hydrogen) atoms. The highest BCUT2D eigenvalue weighted by Crippen LogP contribution is 2.15. The minimum atomic E-state index is -0.789. The summed E-state index contributed by atoms with van der Waals surface area (Å²) in [6.07, 6.45) is 74.7. The van der Waals surface area contributed by atoms with Crippen LogP contribution in [0.1, 0.15) is 297 Å². The van der Waals surface area contributed by atoms with Gasteiger partial charge in [-0.3, -0.25) is 14.4 Å². The van der Waals surface area contributed by atoms with Crippen LogP contribution in [0.15, 0.2) is 72.9 Å². The van der Waals surface area contributed by atoms with E-state index in [1.54, 1.807) is 0 Å². The number of rotatable bonds is 54. The average molecular weight is 978 g/mol. The van der Waals surface area contributed by atoms with E-state index in [2.05, 4.69) is 93.7 Å². The lowest BCUT2D eigenvalue weighted by Crippen LogP contribution is -2.30. The molecule has 0 fully saturated rings. The van der Waals surface area contributed by atoms with Crippen LogP contribution in [0, 0.1) is 0 Å². The minimum absolute atomic E-state index is 0.0853. The van der Waals surface area contributed by atoms with Crippen molar-refractivity contribution in [3.05, 3.63) is 72.9 Å². The van der Waals surface area contributed by atoms with Gasteiger partial charge in [-0.05, 0) is 109 Å². The average Bonchev–Trinajstić information content (AvgIpc) is 3.36. The third-order valence-electron chi connectivity index (χ3n) is 12.9. The number of unbranched alkanes of at least 4 members (excludes halogenated alkanes) is 31. The molecule has 0 aliphatic carbocycles. The number of allylic oxidation sites excluding steroid dienone is 12. The van der Waals surface area contributed by atoms with Gasteiger partial charge in [0.15, 0.2) is 6.10 Å². The molecule has 6 heteroatoms. The zero-order valence-electron chi connectivity index (χ0n) is 46.3. The van der Waals surface area contributed by atoms with Gasteiger partial charge in [0.1, 0.15) is 13.2 Å². The smallest absolute Gasteiger partial charge is 0.306 e. The monoisotopic (exact) mass is 977 g/mol. The van der Waals surface area contributed by atoms with Crippen molar-refractivity contribution in [3.63, 3.8) is 0 Å². The molecule has 0 bridgehead atoms. The van der Waals surface area contributed by atoms with Crippen LogP contribution in [0.3, 0.4) is 0 Å². The fraction of sp³-hybridized carbons (Fsp3) is 0.766. The van der Waals surface area contributed by atoms with Crippen LogP contribution in [-0.2, 0) is 28.6 Å². The summed E-state index contributed by atoms with van der Waals surface area (Å²) in [5.41, 5.74) is 0. The van der Waals surface area contributed by atoms with Gasteiger partial charge >= 0.3 is 17.9 Å². The SMILES string of the molecule is CC/C=C\C/C=C\C/C=C\CCCCCCCC(=O)OC(COC(=O)CCCCCCC/C=C\CCCCCCC)COC(=O)CCCCCCCCCCCCC/C=C\C/C=C\CCCCCCC. The second kappa shape index (κ2) is 58.4. The highest BCUT2D eigenvalue weighted by atomic mass is 16.6. The summed E-state index contributed by atoms with van der Waals surface area (Å²) in [6.45, 7) is 6.51. The molecule has 404 valence electrons. The fourth-order valence-electron chi connectivity index (χ4n) is 8.42. The molecule has 0 rings (SSSR count). The highest BCUT2D eigenvalue weighted by molar-refractivity contribution is 5.71. The predicted octanol–water partition coefficient (Wildman–Crippen LogP) is 20.2. The first-order valence-corrected chi connectivity index (χ1v) is 29.9. The summed E-state index contributed by atoms with van der Waals surface area (Å²) >= 11 is 0. The lowest BCUT2D eigenvalue weighted by molar-refractivity contribution is -0.167. The van der Waals surface area contributed by atoms with Crippen molar-refractivity contribution in [3.8, 4) is 0 Å². The topological polar surface area (TPSA) is 78.9 Å². The van der Waals surface area contributed by atoms with Crippen LogP contribution in [0.5, 0.6) is 0 Å². The first kappa shape index (κ1) is 66.9. The number of hydrogen-bond donors (Lipinski definition) is 0. The number of carbonyl (C=O) groups excluding carboxylic acids is 3. The molecule has 0 spiro atoms. The van der Waals surface area contributed by atoms with Gasteiger partial charge in [0, 0.05) is 19.3 Å². The first-order chi connectivity index (χ1) is 34.5. The Bertz CT molecular complexity index is 1310. The minimum Gasteiger partial charge on any atom is -0.462 e. The molecule has 0 saturated heterocycles. The van der Waals surface area contributed by atoms with Crippen LogP contribution in [0.25, 0.3) is 0 Å². The Hall–Kier alpha value is -3.15. The van der Waals surface area contributed by atoms with E-state index in [1.807, 2.05) is 0 Å². The maximum absolute atomic E-state index is 12.9. The first-order valence-electron chi connectivity index (χ1n) is 29.9. The van der Waals surface area contributed by atoms with Crippen LogP contribution in [0.2, 0.25) is 0 Å².